The molecule has 1 aliphatic rings. The average Bonchev–Trinajstić information content (AvgIpc) is 3.14. The molecule has 0 atom stereocenters. The van der Waals surface area contributed by atoms with Crippen LogP contribution in [0.3, 0.4) is 0 Å². The van der Waals surface area contributed by atoms with Gasteiger partial charge in [0.05, 0.1) is 11.4 Å². The van der Waals surface area contributed by atoms with E-state index in [2.05, 4.69) is 11.6 Å². The number of amides is 1. The average molecular weight is 388 g/mol. The normalized spacial score (nSPS) is 16.1. The monoisotopic (exact) mass is 388 g/mol. The van der Waals surface area contributed by atoms with Gasteiger partial charge in [-0.1, -0.05) is 25.1 Å². The molecule has 27 heavy (non-hydrogen) atoms. The molecular formula is C20H24N2O4S. The highest BCUT2D eigenvalue weighted by molar-refractivity contribution is 7.89. The molecule has 6 nitrogen and oxygen atoms in total. The standard InChI is InChI=1S/C20H24N2O4S/c1-16-11-13-22(14-12-16)20(23)10-9-17-7-8-18(26-17)15-21-27(24,25)19-5-3-2-4-6-19/h2-10,16,21H,11-15H2,1H3/b10-9+. The number of nitrogens with zero attached hydrogens (tertiary/aromatic N) is 1. The molecule has 1 aliphatic heterocycles. The van der Waals surface area contributed by atoms with Crippen LogP contribution in [0.2, 0.25) is 0 Å². The van der Waals surface area contributed by atoms with E-state index in [9.17, 15) is 13.2 Å². The van der Waals surface area contributed by atoms with Crippen LogP contribution in [0.4, 0.5) is 0 Å². The summed E-state index contributed by atoms with van der Waals surface area (Å²) in [5.41, 5.74) is 0. The fourth-order valence-corrected chi connectivity index (χ4v) is 3.93. The summed E-state index contributed by atoms with van der Waals surface area (Å²) < 4.78 is 32.5. The van der Waals surface area contributed by atoms with Gasteiger partial charge in [-0.05, 0) is 49.1 Å². The molecule has 0 saturated carbocycles. The molecule has 2 heterocycles. The maximum absolute atomic E-state index is 12.2. The predicted octanol–water partition coefficient (Wildman–Crippen LogP) is 3.03. The zero-order valence-electron chi connectivity index (χ0n) is 15.3. The first kappa shape index (κ1) is 19.4. The summed E-state index contributed by atoms with van der Waals surface area (Å²) in [6.07, 6.45) is 5.19. The van der Waals surface area contributed by atoms with Gasteiger partial charge < -0.3 is 9.32 Å². The van der Waals surface area contributed by atoms with Gasteiger partial charge in [-0.3, -0.25) is 4.79 Å². The number of furan rings is 1. The Labute approximate surface area is 159 Å². The largest absolute Gasteiger partial charge is 0.460 e. The van der Waals surface area contributed by atoms with Crippen LogP contribution in [0.15, 0.2) is 57.9 Å². The van der Waals surface area contributed by atoms with Crippen molar-refractivity contribution < 1.29 is 17.6 Å². The Morgan fingerprint density at radius 3 is 2.59 bits per heavy atom. The second-order valence-electron chi connectivity index (χ2n) is 6.78. The lowest BCUT2D eigenvalue weighted by Crippen LogP contribution is -2.36. The Kier molecular flexibility index (Phi) is 6.13. The number of carbonyl (C=O) groups excluding carboxylic acids is 1. The van der Waals surface area contributed by atoms with Gasteiger partial charge >= 0.3 is 0 Å². The van der Waals surface area contributed by atoms with E-state index in [0.717, 1.165) is 25.9 Å². The van der Waals surface area contributed by atoms with Gasteiger partial charge in [-0.25, -0.2) is 13.1 Å². The smallest absolute Gasteiger partial charge is 0.246 e. The number of hydrogen-bond acceptors (Lipinski definition) is 4. The summed E-state index contributed by atoms with van der Waals surface area (Å²) in [5, 5.41) is 0. The molecule has 0 unspecified atom stereocenters. The van der Waals surface area contributed by atoms with Crippen molar-refractivity contribution in [1.29, 1.82) is 0 Å². The molecular weight excluding hydrogens is 364 g/mol. The number of carbonyl (C=O) groups is 1. The highest BCUT2D eigenvalue weighted by atomic mass is 32.2. The van der Waals surface area contributed by atoms with Gasteiger partial charge in [-0.15, -0.1) is 0 Å². The maximum Gasteiger partial charge on any atom is 0.246 e. The SMILES string of the molecule is CC1CCN(C(=O)/C=C/c2ccc(CNS(=O)(=O)c3ccccc3)o2)CC1. The van der Waals surface area contributed by atoms with E-state index in [0.29, 0.717) is 17.4 Å². The molecule has 1 fully saturated rings. The molecule has 0 bridgehead atoms. The summed E-state index contributed by atoms with van der Waals surface area (Å²) in [5.74, 6) is 1.64. The van der Waals surface area contributed by atoms with Gasteiger partial charge in [0, 0.05) is 19.2 Å². The second kappa shape index (κ2) is 8.54. The molecule has 1 aromatic heterocycles. The van der Waals surface area contributed by atoms with Crippen molar-refractivity contribution in [2.24, 2.45) is 5.92 Å². The molecule has 1 saturated heterocycles. The molecule has 1 aromatic carbocycles. The van der Waals surface area contributed by atoms with Gasteiger partial charge in [0.2, 0.25) is 15.9 Å². The fraction of sp³-hybridized carbons (Fsp3) is 0.350. The highest BCUT2D eigenvalue weighted by Crippen LogP contribution is 2.17. The zero-order chi connectivity index (χ0) is 19.3. The van der Waals surface area contributed by atoms with Gasteiger partial charge in [0.25, 0.3) is 0 Å². The van der Waals surface area contributed by atoms with Crippen molar-refractivity contribution in [1.82, 2.24) is 9.62 Å². The van der Waals surface area contributed by atoms with Crippen LogP contribution in [-0.2, 0) is 21.4 Å². The summed E-state index contributed by atoms with van der Waals surface area (Å²) in [4.78, 5) is 14.3. The maximum atomic E-state index is 12.2. The quantitative estimate of drug-likeness (QED) is 0.772. The van der Waals surface area contributed by atoms with Crippen molar-refractivity contribution in [3.63, 3.8) is 0 Å². The van der Waals surface area contributed by atoms with Crippen LogP contribution in [0.5, 0.6) is 0 Å². The lowest BCUT2D eigenvalue weighted by atomic mass is 9.99. The van der Waals surface area contributed by atoms with Gasteiger partial charge in [0.15, 0.2) is 0 Å². The number of rotatable bonds is 6. The van der Waals surface area contributed by atoms with E-state index >= 15 is 0 Å². The zero-order valence-corrected chi connectivity index (χ0v) is 16.1. The number of benzene rings is 1. The second-order valence-corrected chi connectivity index (χ2v) is 8.55. The third-order valence-electron chi connectivity index (χ3n) is 4.66. The number of sulfonamides is 1. The first-order valence-corrected chi connectivity index (χ1v) is 10.5. The summed E-state index contributed by atoms with van der Waals surface area (Å²) >= 11 is 0. The minimum absolute atomic E-state index is 0.0235. The van der Waals surface area contributed by atoms with Crippen LogP contribution in [0.25, 0.3) is 6.08 Å². The van der Waals surface area contributed by atoms with Crippen molar-refractivity contribution >= 4 is 22.0 Å². The first-order chi connectivity index (χ1) is 12.9. The molecule has 2 aromatic rings. The van der Waals surface area contributed by atoms with Crippen LogP contribution in [0.1, 0.15) is 31.3 Å². The van der Waals surface area contributed by atoms with E-state index in [4.69, 9.17) is 4.42 Å². The molecule has 0 radical (unpaired) electrons. The van der Waals surface area contributed by atoms with E-state index < -0.39 is 10.0 Å². The third-order valence-corrected chi connectivity index (χ3v) is 6.07. The van der Waals surface area contributed by atoms with E-state index in [1.807, 2.05) is 4.90 Å². The molecule has 144 valence electrons. The van der Waals surface area contributed by atoms with Crippen LogP contribution in [-0.4, -0.2) is 32.3 Å². The highest BCUT2D eigenvalue weighted by Gasteiger charge is 2.18. The van der Waals surface area contributed by atoms with Crippen LogP contribution >= 0.6 is 0 Å². The van der Waals surface area contributed by atoms with Crippen molar-refractivity contribution in [3.8, 4) is 0 Å². The molecule has 0 aliphatic carbocycles. The minimum Gasteiger partial charge on any atom is -0.460 e. The lowest BCUT2D eigenvalue weighted by molar-refractivity contribution is -0.127. The predicted molar refractivity (Wildman–Crippen MR) is 103 cm³/mol. The van der Waals surface area contributed by atoms with Crippen LogP contribution in [0, 0.1) is 5.92 Å². The number of likely N-dealkylation sites (tertiary alicyclic amines) is 1. The number of hydrogen-bond donors (Lipinski definition) is 1. The molecule has 1 amide bonds. The number of nitrogens with one attached hydrogen (secondary N) is 1. The Morgan fingerprint density at radius 2 is 1.89 bits per heavy atom. The number of piperidine rings is 1. The van der Waals surface area contributed by atoms with E-state index in [1.54, 1.807) is 36.4 Å². The molecule has 0 spiro atoms. The summed E-state index contributed by atoms with van der Waals surface area (Å²) in [7, 11) is -3.58. The Bertz CT molecular complexity index is 895. The van der Waals surface area contributed by atoms with E-state index in [1.165, 1.54) is 18.2 Å². The Morgan fingerprint density at radius 1 is 1.19 bits per heavy atom. The molecule has 1 N–H and O–H groups in total. The van der Waals surface area contributed by atoms with Crippen LogP contribution < -0.4 is 4.72 Å². The topological polar surface area (TPSA) is 79.6 Å². The molecule has 3 rings (SSSR count). The third kappa shape index (κ3) is 5.30. The first-order valence-electron chi connectivity index (χ1n) is 9.04. The fourth-order valence-electron chi connectivity index (χ4n) is 2.92. The summed E-state index contributed by atoms with van der Waals surface area (Å²) in [6, 6.07) is 11.6. The van der Waals surface area contributed by atoms with Crippen molar-refractivity contribution in [2.75, 3.05) is 13.1 Å². The summed E-state index contributed by atoms with van der Waals surface area (Å²) in [6.45, 7) is 3.82. The minimum atomic E-state index is -3.58. The molecule has 7 heteroatoms. The van der Waals surface area contributed by atoms with Crippen molar-refractivity contribution in [3.05, 3.63) is 60.1 Å². The van der Waals surface area contributed by atoms with E-state index in [-0.39, 0.29) is 17.3 Å². The lowest BCUT2D eigenvalue weighted by Gasteiger charge is -2.29. The Balaban J connectivity index is 1.55. The van der Waals surface area contributed by atoms with Gasteiger partial charge in [-0.2, -0.15) is 0 Å². The van der Waals surface area contributed by atoms with Crippen molar-refractivity contribution in [2.45, 2.75) is 31.2 Å². The Hall–Kier alpha value is -2.38. The van der Waals surface area contributed by atoms with Gasteiger partial charge in [0.1, 0.15) is 11.5 Å².